The minimum absolute atomic E-state index is 0.225. The molecule has 0 spiro atoms. The van der Waals surface area contributed by atoms with Gasteiger partial charge in [-0.25, -0.2) is 0 Å². The van der Waals surface area contributed by atoms with Crippen LogP contribution in [0.4, 0.5) is 0 Å². The van der Waals surface area contributed by atoms with Gasteiger partial charge in [0, 0.05) is 19.6 Å². The van der Waals surface area contributed by atoms with Crippen molar-refractivity contribution in [3.8, 4) is 0 Å². The lowest BCUT2D eigenvalue weighted by Crippen LogP contribution is -2.34. The van der Waals surface area contributed by atoms with Gasteiger partial charge in [-0.2, -0.15) is 0 Å². The van der Waals surface area contributed by atoms with Gasteiger partial charge in [-0.05, 0) is 45.4 Å². The van der Waals surface area contributed by atoms with E-state index >= 15 is 0 Å². The van der Waals surface area contributed by atoms with Crippen LogP contribution < -0.4 is 16.8 Å². The average Bonchev–Trinajstić information content (AvgIpc) is 2.77. The summed E-state index contributed by atoms with van der Waals surface area (Å²) < 4.78 is 0. The Hall–Kier alpha value is -0.460. The summed E-state index contributed by atoms with van der Waals surface area (Å²) in [5.74, 6) is 0. The monoisotopic (exact) mass is 440 g/mol. The first-order valence-corrected chi connectivity index (χ1v) is 13.4. The van der Waals surface area contributed by atoms with Crippen LogP contribution in [0.15, 0.2) is 12.2 Å². The molecule has 0 aromatic heterocycles. The first kappa shape index (κ1) is 30.5. The molecule has 0 rings (SSSR count). The smallest absolute Gasteiger partial charge is 0.0667 e. The summed E-state index contributed by atoms with van der Waals surface area (Å²) in [4.78, 5) is 2.33. The van der Waals surface area contributed by atoms with Crippen molar-refractivity contribution in [2.24, 2.45) is 11.5 Å². The van der Waals surface area contributed by atoms with Gasteiger partial charge in [-0.1, -0.05) is 96.1 Å². The molecule has 1 unspecified atom stereocenters. The summed E-state index contributed by atoms with van der Waals surface area (Å²) in [7, 11) is 0. The summed E-state index contributed by atoms with van der Waals surface area (Å²) in [5.41, 5.74) is 11.2. The predicted molar refractivity (Wildman–Crippen MR) is 137 cm³/mol. The van der Waals surface area contributed by atoms with Crippen LogP contribution in [0, 0.1) is 0 Å². The van der Waals surface area contributed by atoms with E-state index in [4.69, 9.17) is 11.5 Å². The van der Waals surface area contributed by atoms with Crippen LogP contribution in [0.5, 0.6) is 0 Å². The molecule has 5 heteroatoms. The molecule has 0 aliphatic carbocycles. The highest BCUT2D eigenvalue weighted by Crippen LogP contribution is 2.13. The van der Waals surface area contributed by atoms with Crippen LogP contribution in [0.1, 0.15) is 103 Å². The van der Waals surface area contributed by atoms with Gasteiger partial charge in [-0.3, -0.25) is 4.90 Å². The predicted octanol–water partition coefficient (Wildman–Crippen LogP) is 4.58. The number of aliphatic hydroxyl groups is 1. The zero-order chi connectivity index (χ0) is 22.8. The number of nitrogens with zero attached hydrogens (tertiary/aromatic N) is 1. The molecule has 0 saturated carbocycles. The Labute approximate surface area is 194 Å². The van der Waals surface area contributed by atoms with Crippen LogP contribution >= 0.6 is 0 Å². The fraction of sp³-hybridized carbons (Fsp3) is 0.923. The number of aliphatic hydroxyl groups excluding tert-OH is 1. The van der Waals surface area contributed by atoms with Crippen molar-refractivity contribution < 1.29 is 5.11 Å². The van der Waals surface area contributed by atoms with Gasteiger partial charge in [0.15, 0.2) is 0 Å². The molecule has 0 saturated heterocycles. The summed E-state index contributed by atoms with van der Waals surface area (Å²) in [6.07, 6.45) is 23.3. The molecule has 1 atom stereocenters. The third kappa shape index (κ3) is 24.0. The number of unbranched alkanes of at least 4 members (excludes halogenated alkanes) is 11. The fourth-order valence-electron chi connectivity index (χ4n) is 3.90. The zero-order valence-corrected chi connectivity index (χ0v) is 20.8. The molecule has 0 radical (unpaired) electrons. The standard InChI is InChI=1S/C26H56N4O/c1-2-3-4-5-6-7-8-9-10-11-12-13-18-26(31)25-30(24-17-20-28)23-15-14-21-29-22-16-19-27/h14-15,26,29,31H,2-13,16-25,27-28H2,1H3. The molecule has 0 amide bonds. The molecular weight excluding hydrogens is 384 g/mol. The molecule has 0 aliphatic heterocycles. The van der Waals surface area contributed by atoms with Gasteiger partial charge < -0.3 is 21.9 Å². The van der Waals surface area contributed by atoms with Gasteiger partial charge in [0.05, 0.1) is 6.10 Å². The Morgan fingerprint density at radius 2 is 1.35 bits per heavy atom. The van der Waals surface area contributed by atoms with Gasteiger partial charge in [0.1, 0.15) is 0 Å². The molecule has 186 valence electrons. The molecule has 0 heterocycles. The van der Waals surface area contributed by atoms with Crippen LogP contribution in [0.3, 0.4) is 0 Å². The van der Waals surface area contributed by atoms with E-state index in [1.165, 1.54) is 70.6 Å². The van der Waals surface area contributed by atoms with E-state index < -0.39 is 0 Å². The molecule has 0 aromatic rings. The van der Waals surface area contributed by atoms with Gasteiger partial charge in [0.25, 0.3) is 0 Å². The molecule has 5 nitrogen and oxygen atoms in total. The van der Waals surface area contributed by atoms with E-state index in [1.54, 1.807) is 0 Å². The van der Waals surface area contributed by atoms with Crippen LogP contribution in [-0.2, 0) is 0 Å². The molecule has 0 aliphatic rings. The van der Waals surface area contributed by atoms with Crippen molar-refractivity contribution in [1.29, 1.82) is 0 Å². The van der Waals surface area contributed by atoms with E-state index in [9.17, 15) is 5.11 Å². The number of nitrogens with one attached hydrogen (secondary N) is 1. The van der Waals surface area contributed by atoms with Crippen molar-refractivity contribution in [3.05, 3.63) is 12.2 Å². The van der Waals surface area contributed by atoms with Crippen molar-refractivity contribution in [2.45, 2.75) is 109 Å². The molecule has 0 bridgehead atoms. The highest BCUT2D eigenvalue weighted by Gasteiger charge is 2.10. The molecular formula is C26H56N4O. The Bertz CT molecular complexity index is 365. The van der Waals surface area contributed by atoms with Gasteiger partial charge in [-0.15, -0.1) is 0 Å². The van der Waals surface area contributed by atoms with E-state index in [-0.39, 0.29) is 6.10 Å². The van der Waals surface area contributed by atoms with Gasteiger partial charge >= 0.3 is 0 Å². The largest absolute Gasteiger partial charge is 0.392 e. The third-order valence-corrected chi connectivity index (χ3v) is 5.89. The van der Waals surface area contributed by atoms with Crippen molar-refractivity contribution in [1.82, 2.24) is 10.2 Å². The fourth-order valence-corrected chi connectivity index (χ4v) is 3.90. The van der Waals surface area contributed by atoms with E-state index in [0.717, 1.165) is 65.0 Å². The number of hydrogen-bond acceptors (Lipinski definition) is 5. The molecule has 31 heavy (non-hydrogen) atoms. The normalized spacial score (nSPS) is 12.9. The summed E-state index contributed by atoms with van der Waals surface area (Å²) in [6.45, 7) is 8.16. The summed E-state index contributed by atoms with van der Waals surface area (Å²) >= 11 is 0. The summed E-state index contributed by atoms with van der Waals surface area (Å²) in [5, 5.41) is 13.8. The Morgan fingerprint density at radius 1 is 0.774 bits per heavy atom. The number of nitrogens with two attached hydrogens (primary N) is 2. The SMILES string of the molecule is CCCCCCCCCCCCCCC(O)CN(CC=CCNCCCN)CCCN. The van der Waals surface area contributed by atoms with E-state index in [0.29, 0.717) is 6.54 Å². The zero-order valence-electron chi connectivity index (χ0n) is 20.8. The van der Waals surface area contributed by atoms with E-state index in [1.807, 2.05) is 0 Å². The van der Waals surface area contributed by atoms with Gasteiger partial charge in [0.2, 0.25) is 0 Å². The Kier molecular flexibility index (Phi) is 25.4. The second-order valence-corrected chi connectivity index (χ2v) is 9.05. The number of hydrogen-bond donors (Lipinski definition) is 4. The second-order valence-electron chi connectivity index (χ2n) is 9.05. The van der Waals surface area contributed by atoms with Crippen LogP contribution in [0.25, 0.3) is 0 Å². The Balaban J connectivity index is 3.71. The first-order chi connectivity index (χ1) is 15.2. The summed E-state index contributed by atoms with van der Waals surface area (Å²) in [6, 6.07) is 0. The topological polar surface area (TPSA) is 87.5 Å². The lowest BCUT2D eigenvalue weighted by atomic mass is 10.0. The van der Waals surface area contributed by atoms with Crippen LogP contribution in [0.2, 0.25) is 0 Å². The number of rotatable bonds is 25. The maximum Gasteiger partial charge on any atom is 0.0667 e. The minimum Gasteiger partial charge on any atom is -0.392 e. The lowest BCUT2D eigenvalue weighted by molar-refractivity contribution is 0.108. The highest BCUT2D eigenvalue weighted by atomic mass is 16.3. The molecule has 0 aromatic carbocycles. The van der Waals surface area contributed by atoms with Crippen molar-refractivity contribution in [3.63, 3.8) is 0 Å². The minimum atomic E-state index is -0.225. The average molecular weight is 441 g/mol. The molecule has 0 fully saturated rings. The van der Waals surface area contributed by atoms with E-state index in [2.05, 4.69) is 29.3 Å². The maximum absolute atomic E-state index is 10.5. The maximum atomic E-state index is 10.5. The lowest BCUT2D eigenvalue weighted by Gasteiger charge is -2.23. The third-order valence-electron chi connectivity index (χ3n) is 5.89. The van der Waals surface area contributed by atoms with Crippen molar-refractivity contribution in [2.75, 3.05) is 45.8 Å². The van der Waals surface area contributed by atoms with Crippen molar-refractivity contribution >= 4 is 0 Å². The Morgan fingerprint density at radius 3 is 1.94 bits per heavy atom. The van der Waals surface area contributed by atoms with Crippen LogP contribution in [-0.4, -0.2) is 61.9 Å². The first-order valence-electron chi connectivity index (χ1n) is 13.4. The molecule has 6 N–H and O–H groups in total. The quantitative estimate of drug-likeness (QED) is 0.123. The second kappa shape index (κ2) is 25.8. The highest BCUT2D eigenvalue weighted by molar-refractivity contribution is 4.87.